The van der Waals surface area contributed by atoms with E-state index >= 15 is 4.39 Å². The number of alkyl halides is 1. The molecule has 2 unspecified atom stereocenters. The van der Waals surface area contributed by atoms with Crippen LogP contribution in [-0.4, -0.2) is 76.7 Å². The van der Waals surface area contributed by atoms with Crippen LogP contribution in [0, 0.1) is 11.7 Å². The van der Waals surface area contributed by atoms with Gasteiger partial charge in [-0.3, -0.25) is 9.88 Å². The van der Waals surface area contributed by atoms with E-state index in [1.54, 1.807) is 6.20 Å². The van der Waals surface area contributed by atoms with Gasteiger partial charge in [0.15, 0.2) is 12.0 Å². The number of carbonyl (C=O) groups is 1. The molecular formula is C35H38F2N6O3. The number of nitrogens with zero attached hydrogens (tertiary/aromatic N) is 5. The van der Waals surface area contributed by atoms with Gasteiger partial charge in [0.1, 0.15) is 23.2 Å². The fraction of sp³-hybridized carbons (Fsp3) is 0.486. The zero-order valence-corrected chi connectivity index (χ0v) is 26.0. The fourth-order valence-corrected chi connectivity index (χ4v) is 8.05. The highest BCUT2D eigenvalue weighted by Crippen LogP contribution is 2.39. The van der Waals surface area contributed by atoms with E-state index in [0.29, 0.717) is 55.7 Å². The van der Waals surface area contributed by atoms with Crippen molar-refractivity contribution in [2.24, 2.45) is 5.92 Å². The SMILES string of the molecule is C[C@]12CCCN(C1)c1nc(OC3[C@@H]4CCCN3C[C@H](F)C4)nc3c(F)c(ncc13)-c1cccc3cccc(c13)CCCOC(=O)N2. The minimum Gasteiger partial charge on any atom is -0.450 e. The van der Waals surface area contributed by atoms with Gasteiger partial charge in [-0.2, -0.15) is 9.97 Å². The highest BCUT2D eigenvalue weighted by atomic mass is 19.1. The molecule has 46 heavy (non-hydrogen) atoms. The lowest BCUT2D eigenvalue weighted by Gasteiger charge is -2.45. The summed E-state index contributed by atoms with van der Waals surface area (Å²) in [7, 11) is 0. The smallest absolute Gasteiger partial charge is 0.407 e. The molecule has 5 aliphatic rings. The molecule has 8 bridgehead atoms. The summed E-state index contributed by atoms with van der Waals surface area (Å²) in [4.78, 5) is 31.3. The number of pyridine rings is 1. The summed E-state index contributed by atoms with van der Waals surface area (Å²) in [5, 5.41) is 5.44. The van der Waals surface area contributed by atoms with Crippen LogP contribution in [0.15, 0.2) is 42.6 Å². The number of fused-ring (bicyclic) bond motifs is 8. The van der Waals surface area contributed by atoms with Crippen molar-refractivity contribution in [3.63, 3.8) is 0 Å². The number of aryl methyl sites for hydroxylation is 1. The van der Waals surface area contributed by atoms with Gasteiger partial charge < -0.3 is 19.7 Å². The first-order valence-electron chi connectivity index (χ1n) is 16.5. The Bertz CT molecular complexity index is 1800. The molecule has 9 nitrogen and oxygen atoms in total. The molecule has 5 atom stereocenters. The van der Waals surface area contributed by atoms with Crippen molar-refractivity contribution in [1.82, 2.24) is 25.2 Å². The quantitative estimate of drug-likeness (QED) is 0.282. The van der Waals surface area contributed by atoms with E-state index in [1.807, 2.05) is 48.2 Å². The van der Waals surface area contributed by atoms with E-state index in [-0.39, 0.29) is 36.0 Å². The number of amides is 1. The van der Waals surface area contributed by atoms with E-state index in [0.717, 1.165) is 48.6 Å². The van der Waals surface area contributed by atoms with E-state index < -0.39 is 23.6 Å². The molecule has 0 spiro atoms. The first kappa shape index (κ1) is 29.3. The van der Waals surface area contributed by atoms with Crippen molar-refractivity contribution in [1.29, 1.82) is 0 Å². The number of alkyl carbamates (subject to hydrolysis) is 1. The van der Waals surface area contributed by atoms with Gasteiger partial charge in [-0.1, -0.05) is 36.4 Å². The van der Waals surface area contributed by atoms with E-state index in [1.165, 1.54) is 0 Å². The van der Waals surface area contributed by atoms with Gasteiger partial charge in [0.25, 0.3) is 0 Å². The summed E-state index contributed by atoms with van der Waals surface area (Å²) in [5.74, 6) is -0.0292. The number of piperidine rings is 3. The molecule has 2 aromatic heterocycles. The minimum absolute atomic E-state index is 0.00941. The van der Waals surface area contributed by atoms with Crippen LogP contribution in [0.4, 0.5) is 19.4 Å². The molecule has 0 aliphatic carbocycles. The van der Waals surface area contributed by atoms with Crippen LogP contribution in [0.2, 0.25) is 0 Å². The molecule has 5 aliphatic heterocycles. The van der Waals surface area contributed by atoms with Gasteiger partial charge in [0.05, 0.1) is 17.5 Å². The summed E-state index contributed by atoms with van der Waals surface area (Å²) < 4.78 is 43.6. The monoisotopic (exact) mass is 628 g/mol. The average molecular weight is 629 g/mol. The number of hydrogen-bond acceptors (Lipinski definition) is 8. The largest absolute Gasteiger partial charge is 0.450 e. The summed E-state index contributed by atoms with van der Waals surface area (Å²) >= 11 is 0. The molecular weight excluding hydrogens is 590 g/mol. The number of hydrogen-bond donors (Lipinski definition) is 1. The number of aromatic nitrogens is 3. The van der Waals surface area contributed by atoms with Crippen LogP contribution in [-0.2, 0) is 11.2 Å². The second-order valence-electron chi connectivity index (χ2n) is 13.5. The number of benzene rings is 2. The molecule has 3 saturated heterocycles. The lowest BCUT2D eigenvalue weighted by molar-refractivity contribution is -0.0989. The highest BCUT2D eigenvalue weighted by molar-refractivity contribution is 6.00. The average Bonchev–Trinajstić information content (AvgIpc) is 3.03. The Hall–Kier alpha value is -4.12. The molecule has 11 heteroatoms. The third-order valence-electron chi connectivity index (χ3n) is 10.1. The second-order valence-corrected chi connectivity index (χ2v) is 13.5. The van der Waals surface area contributed by atoms with Crippen LogP contribution in [0.3, 0.4) is 0 Å². The standard InChI is InChI=1S/C35H38F2N6O3/c1-35-13-6-15-43(20-35)31-26-18-38-29(25-12-3-9-21-7-2-8-22(27(21)25)11-5-16-45-34(44)41-35)28(37)30(26)39-33(40-31)46-32-23-10-4-14-42(32)19-24(36)17-23/h2-3,7-9,12,18,23-24,32H,4-6,10-11,13-17,19-20H2,1H3,(H,41,44)/t23-,24-,32?,35+/m1/s1. The normalized spacial score (nSPS) is 28.2. The van der Waals surface area contributed by atoms with Gasteiger partial charge >= 0.3 is 12.1 Å². The van der Waals surface area contributed by atoms with Crippen molar-refractivity contribution in [2.45, 2.75) is 69.8 Å². The third-order valence-corrected chi connectivity index (χ3v) is 10.1. The molecule has 0 saturated carbocycles. The maximum atomic E-state index is 17.0. The van der Waals surface area contributed by atoms with Gasteiger partial charge in [0, 0.05) is 43.9 Å². The lowest BCUT2D eigenvalue weighted by Crippen LogP contribution is -2.57. The maximum Gasteiger partial charge on any atom is 0.407 e. The van der Waals surface area contributed by atoms with Crippen molar-refractivity contribution in [3.05, 3.63) is 54.0 Å². The summed E-state index contributed by atoms with van der Waals surface area (Å²) in [6, 6.07) is 11.9. The molecule has 1 amide bonds. The van der Waals surface area contributed by atoms with Crippen LogP contribution in [0.5, 0.6) is 6.01 Å². The van der Waals surface area contributed by atoms with E-state index in [2.05, 4.69) is 10.2 Å². The minimum atomic E-state index is -0.892. The van der Waals surface area contributed by atoms with E-state index in [9.17, 15) is 9.18 Å². The predicted octanol–water partition coefficient (Wildman–Crippen LogP) is 6.17. The van der Waals surface area contributed by atoms with Gasteiger partial charge in [-0.25, -0.2) is 13.6 Å². The van der Waals surface area contributed by atoms with Crippen LogP contribution >= 0.6 is 0 Å². The first-order valence-corrected chi connectivity index (χ1v) is 16.5. The van der Waals surface area contributed by atoms with Crippen LogP contribution < -0.4 is 15.0 Å². The molecule has 1 N–H and O–H groups in total. The lowest BCUT2D eigenvalue weighted by atomic mass is 9.86. The van der Waals surface area contributed by atoms with Crippen molar-refractivity contribution in [3.8, 4) is 17.3 Å². The summed E-state index contributed by atoms with van der Waals surface area (Å²) in [6.07, 6.45) is 5.01. The van der Waals surface area contributed by atoms with Crippen molar-refractivity contribution >= 4 is 33.6 Å². The number of nitrogens with one attached hydrogen (secondary N) is 1. The fourth-order valence-electron chi connectivity index (χ4n) is 8.05. The Morgan fingerprint density at radius 3 is 2.85 bits per heavy atom. The van der Waals surface area contributed by atoms with Crippen molar-refractivity contribution < 1.29 is 23.0 Å². The number of halogens is 2. The summed E-state index contributed by atoms with van der Waals surface area (Å²) in [5.41, 5.74) is 1.43. The Kier molecular flexibility index (Phi) is 7.38. The molecule has 2 aromatic carbocycles. The number of rotatable bonds is 2. The summed E-state index contributed by atoms with van der Waals surface area (Å²) in [6.45, 7) is 4.38. The third kappa shape index (κ3) is 5.28. The Morgan fingerprint density at radius 1 is 1.11 bits per heavy atom. The number of carbonyl (C=O) groups excluding carboxylic acids is 1. The van der Waals surface area contributed by atoms with Gasteiger partial charge in [-0.05, 0) is 68.2 Å². The molecule has 0 radical (unpaired) electrons. The molecule has 9 rings (SSSR count). The topological polar surface area (TPSA) is 92.7 Å². The molecule has 7 heterocycles. The number of ether oxygens (including phenoxy) is 2. The van der Waals surface area contributed by atoms with Crippen LogP contribution in [0.25, 0.3) is 32.9 Å². The second kappa shape index (κ2) is 11.6. The van der Waals surface area contributed by atoms with E-state index in [4.69, 9.17) is 24.4 Å². The van der Waals surface area contributed by atoms with Crippen molar-refractivity contribution in [2.75, 3.05) is 37.7 Å². The Balaban J connectivity index is 1.31. The molecule has 240 valence electrons. The highest BCUT2D eigenvalue weighted by Gasteiger charge is 2.41. The first-order chi connectivity index (χ1) is 22.3. The maximum absolute atomic E-state index is 17.0. The Labute approximate surface area is 266 Å². The van der Waals surface area contributed by atoms with Gasteiger partial charge in [0.2, 0.25) is 0 Å². The Morgan fingerprint density at radius 2 is 1.98 bits per heavy atom. The van der Waals surface area contributed by atoms with Gasteiger partial charge in [-0.15, -0.1) is 0 Å². The molecule has 4 aromatic rings. The van der Waals surface area contributed by atoms with Crippen LogP contribution in [0.1, 0.15) is 51.0 Å². The zero-order chi connectivity index (χ0) is 31.4. The zero-order valence-electron chi connectivity index (χ0n) is 26.0. The number of anilines is 1. The molecule has 3 fully saturated rings. The predicted molar refractivity (Wildman–Crippen MR) is 171 cm³/mol.